The predicted molar refractivity (Wildman–Crippen MR) is 86.0 cm³/mol. The number of hydrogen-bond acceptors (Lipinski definition) is 3. The molecule has 1 aromatic rings. The van der Waals surface area contributed by atoms with Gasteiger partial charge in [0.1, 0.15) is 0 Å². The number of rotatable bonds is 3. The van der Waals surface area contributed by atoms with Crippen molar-refractivity contribution in [3.63, 3.8) is 0 Å². The Balaban J connectivity index is 1.60. The van der Waals surface area contributed by atoms with E-state index in [9.17, 15) is 0 Å². The average molecular weight is 350 g/mol. The number of hydrazone groups is 1. The number of nitrogens with one attached hydrogen (secondary N) is 1. The van der Waals surface area contributed by atoms with Gasteiger partial charge in [-0.25, -0.2) is 0 Å². The third kappa shape index (κ3) is 3.78. The first-order chi connectivity index (χ1) is 10.2. The van der Waals surface area contributed by atoms with E-state index in [4.69, 9.17) is 0 Å². The van der Waals surface area contributed by atoms with E-state index < -0.39 is 0 Å². The Morgan fingerprint density at radius 3 is 2.52 bits per heavy atom. The molecule has 1 atom stereocenters. The summed E-state index contributed by atoms with van der Waals surface area (Å²) < 4.78 is 0.997. The number of pyridine rings is 1. The Bertz CT molecular complexity index is 468. The second-order valence-corrected chi connectivity index (χ2v) is 7.06. The van der Waals surface area contributed by atoms with Gasteiger partial charge < -0.3 is 0 Å². The number of hydrogen-bond donors (Lipinski definition) is 1. The zero-order valence-electron chi connectivity index (χ0n) is 12.5. The van der Waals surface area contributed by atoms with Gasteiger partial charge in [-0.05, 0) is 0 Å². The van der Waals surface area contributed by atoms with Crippen LogP contribution in [0.2, 0.25) is 0 Å². The fourth-order valence-corrected chi connectivity index (χ4v) is 3.80. The number of amidine groups is 1. The van der Waals surface area contributed by atoms with Gasteiger partial charge in [-0.2, -0.15) is 0 Å². The van der Waals surface area contributed by atoms with Gasteiger partial charge in [-0.3, -0.25) is 0 Å². The number of fused-ring (bicyclic) bond motifs is 4. The van der Waals surface area contributed by atoms with E-state index >= 15 is 0 Å². The molecule has 1 aliphatic carbocycles. The van der Waals surface area contributed by atoms with Crippen molar-refractivity contribution in [2.75, 3.05) is 13.1 Å². The maximum absolute atomic E-state index is 4.56. The van der Waals surface area contributed by atoms with Crippen LogP contribution in [0.3, 0.4) is 0 Å². The van der Waals surface area contributed by atoms with E-state index in [2.05, 4.69) is 43.3 Å². The molecule has 2 bridgehead atoms. The summed E-state index contributed by atoms with van der Waals surface area (Å²) in [6, 6.07) is 6.10. The summed E-state index contributed by atoms with van der Waals surface area (Å²) in [7, 11) is 0. The molecule has 21 heavy (non-hydrogen) atoms. The molecular weight excluding hydrogens is 327 g/mol. The third-order valence-electron chi connectivity index (χ3n) is 4.68. The Morgan fingerprint density at radius 2 is 1.95 bits per heavy atom. The molecule has 3 fully saturated rings. The van der Waals surface area contributed by atoms with Crippen molar-refractivity contribution in [1.29, 1.82) is 0 Å². The summed E-state index contributed by atoms with van der Waals surface area (Å²) in [5, 5.41) is 4.56. The Kier molecular flexibility index (Phi) is 4.81. The Morgan fingerprint density at radius 1 is 1.29 bits per heavy atom. The molecule has 5 heteroatoms. The third-order valence-corrected chi connectivity index (χ3v) is 5.41. The quantitative estimate of drug-likeness (QED) is 0.394. The first kappa shape index (κ1) is 14.9. The molecule has 3 aliphatic rings. The Labute approximate surface area is 135 Å². The van der Waals surface area contributed by atoms with E-state index in [0.717, 1.165) is 35.4 Å². The van der Waals surface area contributed by atoms with Crippen LogP contribution in [0.5, 0.6) is 0 Å². The number of nitrogens with zero attached hydrogens (tertiary/aromatic N) is 3. The molecule has 1 unspecified atom stereocenters. The van der Waals surface area contributed by atoms with Gasteiger partial charge in [-0.15, -0.1) is 0 Å². The zero-order valence-corrected chi connectivity index (χ0v) is 14.2. The molecule has 1 radical (unpaired) electrons. The summed E-state index contributed by atoms with van der Waals surface area (Å²) in [6.07, 6.45) is 7.40. The minimum atomic E-state index is 0.123. The standard InChI is InChI=1S/C16H23N4Se/c1-12(15-4-2-3-9-17-15)18-19-16(21)20-10-13-5-6-14(11-20)8-7-13/h2-4,9,12-14,18H,5-8,10-11H2,1H3/b19-16-. The molecule has 2 saturated heterocycles. The van der Waals surface area contributed by atoms with E-state index in [-0.39, 0.29) is 6.04 Å². The van der Waals surface area contributed by atoms with Crippen molar-refractivity contribution in [2.24, 2.45) is 16.9 Å². The van der Waals surface area contributed by atoms with Gasteiger partial charge in [-0.1, -0.05) is 0 Å². The van der Waals surface area contributed by atoms with Crippen LogP contribution >= 0.6 is 0 Å². The molecular formula is C16H23N4Se. The normalized spacial score (nSPS) is 27.3. The zero-order chi connectivity index (χ0) is 14.7. The van der Waals surface area contributed by atoms with Crippen LogP contribution in [0.1, 0.15) is 44.3 Å². The molecule has 0 amide bonds. The molecule has 0 spiro atoms. The molecule has 4 rings (SSSR count). The summed E-state index contributed by atoms with van der Waals surface area (Å²) >= 11 is 3.14. The van der Waals surface area contributed by atoms with Crippen LogP contribution in [0.15, 0.2) is 29.5 Å². The van der Waals surface area contributed by atoms with Crippen LogP contribution in [0, 0.1) is 11.8 Å². The summed E-state index contributed by atoms with van der Waals surface area (Å²) in [5.74, 6) is 1.71. The molecule has 1 saturated carbocycles. The van der Waals surface area contributed by atoms with Gasteiger partial charge in [0.05, 0.1) is 0 Å². The predicted octanol–water partition coefficient (Wildman–Crippen LogP) is 2.29. The van der Waals surface area contributed by atoms with E-state index in [1.165, 1.54) is 25.7 Å². The maximum atomic E-state index is 4.56. The summed E-state index contributed by atoms with van der Waals surface area (Å²) in [5.41, 5.74) is 4.24. The van der Waals surface area contributed by atoms with Crippen LogP contribution in [0.4, 0.5) is 0 Å². The topological polar surface area (TPSA) is 40.5 Å². The molecule has 1 aromatic heterocycles. The fourth-order valence-electron chi connectivity index (χ4n) is 3.37. The first-order valence-electron chi connectivity index (χ1n) is 7.88. The van der Waals surface area contributed by atoms with E-state index in [1.54, 1.807) is 0 Å². The first-order valence-corrected chi connectivity index (χ1v) is 8.74. The monoisotopic (exact) mass is 351 g/mol. The fraction of sp³-hybridized carbons (Fsp3) is 0.625. The molecule has 2 aliphatic heterocycles. The average Bonchev–Trinajstić information content (AvgIpc) is 2.87. The van der Waals surface area contributed by atoms with E-state index in [1.807, 2.05) is 24.4 Å². The van der Waals surface area contributed by atoms with Crippen molar-refractivity contribution in [2.45, 2.75) is 38.6 Å². The van der Waals surface area contributed by atoms with Crippen molar-refractivity contribution in [3.05, 3.63) is 30.1 Å². The van der Waals surface area contributed by atoms with Crippen molar-refractivity contribution >= 4 is 20.7 Å². The van der Waals surface area contributed by atoms with Crippen LogP contribution in [0.25, 0.3) is 0 Å². The van der Waals surface area contributed by atoms with Crippen molar-refractivity contribution in [1.82, 2.24) is 15.3 Å². The van der Waals surface area contributed by atoms with Gasteiger partial charge >= 0.3 is 135 Å². The molecule has 3 heterocycles. The second-order valence-electron chi connectivity index (χ2n) is 6.29. The molecule has 113 valence electrons. The van der Waals surface area contributed by atoms with Gasteiger partial charge in [0.15, 0.2) is 0 Å². The SMILES string of the molecule is CC(N/N=C(\[Se])N1CC2CCC(CC2)C1)c1ccccn1. The summed E-state index contributed by atoms with van der Waals surface area (Å²) in [4.78, 5) is 6.79. The molecule has 0 aromatic carbocycles. The Hall–Kier alpha value is -1.06. The molecule has 4 nitrogen and oxygen atoms in total. The number of aromatic nitrogens is 1. The van der Waals surface area contributed by atoms with Crippen LogP contribution in [-0.4, -0.2) is 43.7 Å². The minimum absolute atomic E-state index is 0.123. The second kappa shape index (κ2) is 6.80. The van der Waals surface area contributed by atoms with Gasteiger partial charge in [0.25, 0.3) is 0 Å². The van der Waals surface area contributed by atoms with Crippen LogP contribution < -0.4 is 5.43 Å². The summed E-state index contributed by atoms with van der Waals surface area (Å²) in [6.45, 7) is 4.40. The van der Waals surface area contributed by atoms with Crippen LogP contribution in [-0.2, 0) is 0 Å². The van der Waals surface area contributed by atoms with Crippen molar-refractivity contribution in [3.8, 4) is 0 Å². The van der Waals surface area contributed by atoms with E-state index in [0.29, 0.717) is 0 Å². The molecule has 1 N–H and O–H groups in total. The van der Waals surface area contributed by atoms with Gasteiger partial charge in [0.2, 0.25) is 0 Å². The van der Waals surface area contributed by atoms with Crippen molar-refractivity contribution < 1.29 is 0 Å². The van der Waals surface area contributed by atoms with Gasteiger partial charge in [0, 0.05) is 0 Å².